The number of benzene rings is 1. The highest BCUT2D eigenvalue weighted by molar-refractivity contribution is 5.59. The van der Waals surface area contributed by atoms with E-state index in [1.54, 1.807) is 0 Å². The van der Waals surface area contributed by atoms with E-state index in [1.807, 2.05) is 0 Å². The van der Waals surface area contributed by atoms with Gasteiger partial charge in [0.05, 0.1) is 13.1 Å². The summed E-state index contributed by atoms with van der Waals surface area (Å²) >= 11 is 0. The Hall–Kier alpha value is -1.68. The number of aliphatic hydroxyl groups excluding tert-OH is 2. The normalized spacial score (nSPS) is 15.1. The number of nitrogens with zero attached hydrogens (tertiary/aromatic N) is 2. The Balaban J connectivity index is 2.82. The van der Waals surface area contributed by atoms with Crippen LogP contribution in [-0.4, -0.2) is 62.0 Å². The lowest BCUT2D eigenvalue weighted by atomic mass is 10.2. The van der Waals surface area contributed by atoms with Crippen LogP contribution in [0.3, 0.4) is 0 Å². The second-order valence-electron chi connectivity index (χ2n) is 5.40. The minimum absolute atomic E-state index is 0.282. The molecule has 0 bridgehead atoms. The number of hydrogen-bond acceptors (Lipinski definition) is 4. The van der Waals surface area contributed by atoms with Crippen LogP contribution in [0.5, 0.6) is 0 Å². The number of likely N-dealkylation sites (N-methyl/N-ethyl adjacent to an activating group) is 2. The third-order valence-corrected chi connectivity index (χ3v) is 3.36. The van der Waals surface area contributed by atoms with E-state index in [4.69, 9.17) is 10.2 Å². The van der Waals surface area contributed by atoms with Gasteiger partial charge in [-0.2, -0.15) is 26.3 Å². The zero-order chi connectivity index (χ0) is 18.7. The number of halogens is 6. The van der Waals surface area contributed by atoms with Crippen molar-refractivity contribution < 1.29 is 36.6 Å². The van der Waals surface area contributed by atoms with Gasteiger partial charge in [0.25, 0.3) is 0 Å². The lowest BCUT2D eigenvalue weighted by Gasteiger charge is -2.27. The van der Waals surface area contributed by atoms with Gasteiger partial charge < -0.3 is 20.0 Å². The van der Waals surface area contributed by atoms with Crippen molar-refractivity contribution in [1.82, 2.24) is 0 Å². The van der Waals surface area contributed by atoms with Gasteiger partial charge in [-0.1, -0.05) is 6.07 Å². The highest BCUT2D eigenvalue weighted by Gasteiger charge is 2.39. The van der Waals surface area contributed by atoms with E-state index >= 15 is 0 Å². The third kappa shape index (κ3) is 5.75. The second-order valence-corrected chi connectivity index (χ2v) is 5.40. The molecule has 1 aromatic rings. The molecule has 0 spiro atoms. The van der Waals surface area contributed by atoms with Crippen molar-refractivity contribution in [3.63, 3.8) is 0 Å². The topological polar surface area (TPSA) is 46.9 Å². The first-order valence-electron chi connectivity index (χ1n) is 6.84. The fourth-order valence-electron chi connectivity index (χ4n) is 1.90. The molecule has 1 rings (SSSR count). The molecule has 138 valence electrons. The lowest BCUT2D eigenvalue weighted by molar-refractivity contribution is -0.200. The van der Waals surface area contributed by atoms with Crippen molar-refractivity contribution in [2.24, 2.45) is 0 Å². The molecule has 0 aliphatic rings. The molecule has 4 nitrogen and oxygen atoms in total. The van der Waals surface area contributed by atoms with Gasteiger partial charge in [-0.05, 0) is 18.2 Å². The molecule has 0 aliphatic carbocycles. The summed E-state index contributed by atoms with van der Waals surface area (Å²) in [7, 11) is 2.64. The minimum Gasteiger partial charge on any atom is -0.382 e. The van der Waals surface area contributed by atoms with Crippen LogP contribution in [0.4, 0.5) is 37.7 Å². The molecule has 0 heterocycles. The van der Waals surface area contributed by atoms with Gasteiger partial charge in [0, 0.05) is 25.5 Å². The smallest absolute Gasteiger partial charge is 0.382 e. The Morgan fingerprint density at radius 2 is 1.17 bits per heavy atom. The predicted octanol–water partition coefficient (Wildman–Crippen LogP) is 2.41. The average Bonchev–Trinajstić information content (AvgIpc) is 2.45. The number of hydrogen-bond donors (Lipinski definition) is 2. The van der Waals surface area contributed by atoms with E-state index in [2.05, 4.69) is 0 Å². The summed E-state index contributed by atoms with van der Waals surface area (Å²) in [5.74, 6) is 0. The maximum Gasteiger partial charge on any atom is 0.416 e. The maximum absolute atomic E-state index is 12.4. The largest absolute Gasteiger partial charge is 0.416 e. The van der Waals surface area contributed by atoms with Gasteiger partial charge in [0.1, 0.15) is 0 Å². The van der Waals surface area contributed by atoms with Crippen LogP contribution < -0.4 is 9.80 Å². The molecule has 1 aromatic carbocycles. The first kappa shape index (κ1) is 20.4. The molecule has 0 fully saturated rings. The summed E-state index contributed by atoms with van der Waals surface area (Å²) in [6.07, 6.45) is -14.6. The Bertz CT molecular complexity index is 491. The SMILES string of the molecule is CN(C[C@H](O)C(F)(F)F)c1cccc(N(C)C[C@H](O)C(F)(F)F)c1. The highest BCUT2D eigenvalue weighted by Crippen LogP contribution is 2.26. The van der Waals surface area contributed by atoms with E-state index in [1.165, 1.54) is 38.4 Å². The quantitative estimate of drug-likeness (QED) is 0.765. The van der Waals surface area contributed by atoms with Crippen molar-refractivity contribution in [2.45, 2.75) is 24.6 Å². The Labute approximate surface area is 134 Å². The molecule has 2 atom stereocenters. The van der Waals surface area contributed by atoms with Crippen LogP contribution in [0.15, 0.2) is 24.3 Å². The molecule has 0 saturated carbocycles. The molecule has 0 aromatic heterocycles. The predicted molar refractivity (Wildman–Crippen MR) is 77.1 cm³/mol. The van der Waals surface area contributed by atoms with E-state index < -0.39 is 37.7 Å². The molecule has 0 saturated heterocycles. The van der Waals surface area contributed by atoms with Gasteiger partial charge in [-0.15, -0.1) is 0 Å². The summed E-state index contributed by atoms with van der Waals surface area (Å²) in [6, 6.07) is 5.74. The van der Waals surface area contributed by atoms with Crippen molar-refractivity contribution in [3.05, 3.63) is 24.3 Å². The van der Waals surface area contributed by atoms with Gasteiger partial charge in [0.2, 0.25) is 0 Å². The van der Waals surface area contributed by atoms with Crippen LogP contribution >= 0.6 is 0 Å². The molecule has 0 unspecified atom stereocenters. The van der Waals surface area contributed by atoms with Crippen LogP contribution in [0.1, 0.15) is 0 Å². The number of rotatable bonds is 6. The lowest BCUT2D eigenvalue weighted by Crippen LogP contribution is -2.40. The first-order chi connectivity index (χ1) is 10.8. The van der Waals surface area contributed by atoms with Crippen LogP contribution in [-0.2, 0) is 0 Å². The van der Waals surface area contributed by atoms with Crippen molar-refractivity contribution in [2.75, 3.05) is 37.0 Å². The van der Waals surface area contributed by atoms with Gasteiger partial charge in [-0.3, -0.25) is 0 Å². The second kappa shape index (κ2) is 7.47. The standard InChI is InChI=1S/C14H18F6N2O2/c1-21(7-11(23)13(15,16)17)9-4-3-5-10(6-9)22(2)8-12(24)14(18,19)20/h3-6,11-12,23-24H,7-8H2,1-2H3/t11-,12-/m0/s1. The number of aliphatic hydroxyl groups is 2. The monoisotopic (exact) mass is 360 g/mol. The van der Waals surface area contributed by atoms with Crippen molar-refractivity contribution in [3.8, 4) is 0 Å². The molecule has 2 N–H and O–H groups in total. The Kier molecular flexibility index (Phi) is 6.34. The highest BCUT2D eigenvalue weighted by atomic mass is 19.4. The van der Waals surface area contributed by atoms with Gasteiger partial charge >= 0.3 is 12.4 Å². The molecule has 0 aliphatic heterocycles. The Morgan fingerprint density at radius 1 is 0.833 bits per heavy atom. The number of anilines is 2. The zero-order valence-electron chi connectivity index (χ0n) is 12.9. The van der Waals surface area contributed by atoms with E-state index in [0.29, 0.717) is 0 Å². The fourth-order valence-corrected chi connectivity index (χ4v) is 1.90. The zero-order valence-corrected chi connectivity index (χ0v) is 12.9. The number of alkyl halides is 6. The first-order valence-corrected chi connectivity index (χ1v) is 6.84. The fraction of sp³-hybridized carbons (Fsp3) is 0.571. The van der Waals surface area contributed by atoms with Gasteiger partial charge in [0.15, 0.2) is 12.2 Å². The summed E-state index contributed by atoms with van der Waals surface area (Å²) < 4.78 is 74.2. The van der Waals surface area contributed by atoms with E-state index in [0.717, 1.165) is 9.80 Å². The van der Waals surface area contributed by atoms with Gasteiger partial charge in [-0.25, -0.2) is 0 Å². The molecular weight excluding hydrogens is 342 g/mol. The van der Waals surface area contributed by atoms with Crippen LogP contribution in [0.2, 0.25) is 0 Å². The van der Waals surface area contributed by atoms with Crippen LogP contribution in [0.25, 0.3) is 0 Å². The summed E-state index contributed by atoms with van der Waals surface area (Å²) in [5, 5.41) is 18.1. The average molecular weight is 360 g/mol. The van der Waals surface area contributed by atoms with E-state index in [9.17, 15) is 26.3 Å². The molecule has 0 radical (unpaired) electrons. The van der Waals surface area contributed by atoms with Crippen molar-refractivity contribution in [1.29, 1.82) is 0 Å². The molecule has 0 amide bonds. The van der Waals surface area contributed by atoms with Crippen molar-refractivity contribution >= 4 is 11.4 Å². The minimum atomic E-state index is -4.76. The summed E-state index contributed by atoms with van der Waals surface area (Å²) in [4.78, 5) is 2.27. The molecule has 24 heavy (non-hydrogen) atoms. The Morgan fingerprint density at radius 3 is 1.46 bits per heavy atom. The molecule has 10 heteroatoms. The van der Waals surface area contributed by atoms with Crippen LogP contribution in [0, 0.1) is 0 Å². The maximum atomic E-state index is 12.4. The summed E-state index contributed by atoms with van der Waals surface area (Å²) in [5.41, 5.74) is 0.563. The third-order valence-electron chi connectivity index (χ3n) is 3.36. The van der Waals surface area contributed by atoms with E-state index in [-0.39, 0.29) is 11.4 Å². The summed E-state index contributed by atoms with van der Waals surface area (Å²) in [6.45, 7) is -1.44. The molecular formula is C14H18F6N2O2.